The van der Waals surface area contributed by atoms with Crippen LogP contribution < -0.4 is 10.1 Å². The van der Waals surface area contributed by atoms with E-state index in [0.717, 1.165) is 18.5 Å². The van der Waals surface area contributed by atoms with Crippen LogP contribution in [-0.2, 0) is 6.54 Å². The molecule has 0 aliphatic rings. The van der Waals surface area contributed by atoms with Crippen molar-refractivity contribution >= 4 is 35.6 Å². The first kappa shape index (κ1) is 18.6. The van der Waals surface area contributed by atoms with E-state index in [2.05, 4.69) is 11.9 Å². The molecule has 108 valence electrons. The number of rotatable bonds is 8. The molecule has 0 saturated heterocycles. The zero-order chi connectivity index (χ0) is 13.4. The lowest BCUT2D eigenvalue weighted by Gasteiger charge is -2.11. The molecule has 0 saturated carbocycles. The van der Waals surface area contributed by atoms with Crippen molar-refractivity contribution in [3.05, 3.63) is 40.4 Å². The van der Waals surface area contributed by atoms with Crippen LogP contribution in [0.4, 0.5) is 0 Å². The first-order chi connectivity index (χ1) is 8.69. The lowest BCUT2D eigenvalue weighted by Crippen LogP contribution is -2.15. The minimum Gasteiger partial charge on any atom is -0.486 e. The predicted molar refractivity (Wildman–Crippen MR) is 82.8 cm³/mol. The second-order valence-electron chi connectivity index (χ2n) is 3.74. The van der Waals surface area contributed by atoms with Gasteiger partial charge in [-0.15, -0.1) is 12.4 Å². The molecule has 1 aromatic carbocycles. The van der Waals surface area contributed by atoms with E-state index in [-0.39, 0.29) is 19.0 Å². The summed E-state index contributed by atoms with van der Waals surface area (Å²) >= 11 is 12.2. The highest BCUT2D eigenvalue weighted by Crippen LogP contribution is 2.34. The first-order valence-electron chi connectivity index (χ1n) is 5.72. The fourth-order valence-electron chi connectivity index (χ4n) is 1.43. The minimum absolute atomic E-state index is 0. The Morgan fingerprint density at radius 2 is 1.95 bits per heavy atom. The molecule has 0 heterocycles. The summed E-state index contributed by atoms with van der Waals surface area (Å²) in [5.41, 5.74) is 0.980. The molecule has 0 aliphatic carbocycles. The molecule has 0 amide bonds. The molecular weight excluding hydrogens is 309 g/mol. The average molecular weight is 327 g/mol. The molecule has 0 unspecified atom stereocenters. The van der Waals surface area contributed by atoms with Crippen molar-refractivity contribution in [2.45, 2.75) is 13.0 Å². The third-order valence-electron chi connectivity index (χ3n) is 2.24. The van der Waals surface area contributed by atoms with Crippen molar-refractivity contribution in [3.63, 3.8) is 0 Å². The fourth-order valence-corrected chi connectivity index (χ4v) is 2.07. The van der Waals surface area contributed by atoms with Crippen molar-refractivity contribution in [3.8, 4) is 5.75 Å². The Hall–Kier alpha value is -0.450. The third-order valence-corrected chi connectivity index (χ3v) is 2.81. The molecular formula is C13H18Cl3NO2. The van der Waals surface area contributed by atoms with Gasteiger partial charge in [-0.1, -0.05) is 35.9 Å². The van der Waals surface area contributed by atoms with Gasteiger partial charge in [0.1, 0.15) is 6.61 Å². The minimum atomic E-state index is 0. The Bertz CT molecular complexity index is 376. The van der Waals surface area contributed by atoms with E-state index in [1.807, 2.05) is 12.1 Å². The van der Waals surface area contributed by atoms with Crippen LogP contribution in [0, 0.1) is 0 Å². The van der Waals surface area contributed by atoms with Gasteiger partial charge in [0.25, 0.3) is 0 Å². The van der Waals surface area contributed by atoms with Crippen molar-refractivity contribution in [1.29, 1.82) is 0 Å². The van der Waals surface area contributed by atoms with Gasteiger partial charge in [0.05, 0.1) is 10.0 Å². The zero-order valence-electron chi connectivity index (χ0n) is 10.5. The van der Waals surface area contributed by atoms with Gasteiger partial charge in [-0.2, -0.15) is 0 Å². The van der Waals surface area contributed by atoms with Gasteiger partial charge in [0.15, 0.2) is 5.75 Å². The molecule has 0 fully saturated rings. The highest BCUT2D eigenvalue weighted by atomic mass is 35.5. The molecule has 19 heavy (non-hydrogen) atoms. The lowest BCUT2D eigenvalue weighted by atomic mass is 10.2. The van der Waals surface area contributed by atoms with Gasteiger partial charge < -0.3 is 15.2 Å². The summed E-state index contributed by atoms with van der Waals surface area (Å²) in [6.07, 6.45) is 2.36. The summed E-state index contributed by atoms with van der Waals surface area (Å²) in [5, 5.41) is 12.8. The quantitative estimate of drug-likeness (QED) is 0.568. The zero-order valence-corrected chi connectivity index (χ0v) is 12.8. The Kier molecular flexibility index (Phi) is 10.1. The smallest absolute Gasteiger partial charge is 0.156 e. The molecule has 0 bridgehead atoms. The molecule has 0 spiro atoms. The van der Waals surface area contributed by atoms with Gasteiger partial charge in [-0.05, 0) is 30.7 Å². The van der Waals surface area contributed by atoms with E-state index in [4.69, 9.17) is 33.0 Å². The Morgan fingerprint density at radius 1 is 1.32 bits per heavy atom. The van der Waals surface area contributed by atoms with Crippen molar-refractivity contribution in [1.82, 2.24) is 5.32 Å². The summed E-state index contributed by atoms with van der Waals surface area (Å²) in [7, 11) is 0. The Balaban J connectivity index is 0.00000324. The summed E-state index contributed by atoms with van der Waals surface area (Å²) in [5.74, 6) is 0.484. The van der Waals surface area contributed by atoms with Crippen molar-refractivity contribution in [2.75, 3.05) is 19.8 Å². The van der Waals surface area contributed by atoms with Crippen molar-refractivity contribution < 1.29 is 9.84 Å². The molecule has 6 heteroatoms. The normalized spacial score (nSPS) is 9.84. The van der Waals surface area contributed by atoms with Gasteiger partial charge >= 0.3 is 0 Å². The van der Waals surface area contributed by atoms with Crippen LogP contribution in [-0.4, -0.2) is 24.9 Å². The number of hydrogen-bond donors (Lipinski definition) is 2. The highest BCUT2D eigenvalue weighted by molar-refractivity contribution is 6.37. The summed E-state index contributed by atoms with van der Waals surface area (Å²) in [6.45, 7) is 5.53. The van der Waals surface area contributed by atoms with Crippen molar-refractivity contribution in [2.24, 2.45) is 0 Å². The second kappa shape index (κ2) is 10.4. The van der Waals surface area contributed by atoms with Gasteiger partial charge in [-0.25, -0.2) is 0 Å². The molecule has 0 aromatic heterocycles. The predicted octanol–water partition coefficient (Wildman–Crippen LogP) is 3.45. The van der Waals surface area contributed by atoms with Gasteiger partial charge in [0.2, 0.25) is 0 Å². The van der Waals surface area contributed by atoms with Crippen LogP contribution in [0.2, 0.25) is 10.0 Å². The summed E-state index contributed by atoms with van der Waals surface area (Å²) in [4.78, 5) is 0. The monoisotopic (exact) mass is 325 g/mol. The van der Waals surface area contributed by atoms with Gasteiger partial charge in [0, 0.05) is 13.2 Å². The topological polar surface area (TPSA) is 41.5 Å². The Morgan fingerprint density at radius 3 is 2.47 bits per heavy atom. The van der Waals surface area contributed by atoms with Crippen LogP contribution in [0.25, 0.3) is 0 Å². The van der Waals surface area contributed by atoms with E-state index in [9.17, 15) is 0 Å². The number of aliphatic hydroxyl groups excluding tert-OH is 1. The average Bonchev–Trinajstić information content (AvgIpc) is 2.34. The maximum atomic E-state index is 8.66. The maximum Gasteiger partial charge on any atom is 0.156 e. The summed E-state index contributed by atoms with van der Waals surface area (Å²) < 4.78 is 5.38. The first-order valence-corrected chi connectivity index (χ1v) is 6.47. The third kappa shape index (κ3) is 6.50. The molecule has 0 radical (unpaired) electrons. The van der Waals surface area contributed by atoms with Gasteiger partial charge in [-0.3, -0.25) is 0 Å². The van der Waals surface area contributed by atoms with Crippen LogP contribution in [0.5, 0.6) is 5.75 Å². The van der Waals surface area contributed by atoms with Crippen LogP contribution in [0.1, 0.15) is 12.0 Å². The molecule has 1 aromatic rings. The number of hydrogen-bond acceptors (Lipinski definition) is 3. The largest absolute Gasteiger partial charge is 0.486 e. The van der Waals surface area contributed by atoms with Crippen LogP contribution >= 0.6 is 35.6 Å². The van der Waals surface area contributed by atoms with E-state index in [1.165, 1.54) is 0 Å². The second-order valence-corrected chi connectivity index (χ2v) is 4.56. The molecule has 0 atom stereocenters. The number of halogens is 3. The molecule has 2 N–H and O–H groups in total. The van der Waals surface area contributed by atoms with E-state index < -0.39 is 0 Å². The molecule has 3 nitrogen and oxygen atoms in total. The number of nitrogens with one attached hydrogen (secondary N) is 1. The number of benzene rings is 1. The Labute approximate surface area is 130 Å². The fraction of sp³-hybridized carbons (Fsp3) is 0.385. The maximum absolute atomic E-state index is 8.66. The lowest BCUT2D eigenvalue weighted by molar-refractivity contribution is 0.286. The molecule has 1 rings (SSSR count). The van der Waals surface area contributed by atoms with E-state index in [0.29, 0.717) is 28.9 Å². The van der Waals surface area contributed by atoms with E-state index in [1.54, 1.807) is 6.08 Å². The van der Waals surface area contributed by atoms with Crippen LogP contribution in [0.15, 0.2) is 24.8 Å². The molecule has 0 aliphatic heterocycles. The highest BCUT2D eigenvalue weighted by Gasteiger charge is 2.09. The number of aliphatic hydroxyl groups is 1. The van der Waals surface area contributed by atoms with Crippen LogP contribution in [0.3, 0.4) is 0 Å². The summed E-state index contributed by atoms with van der Waals surface area (Å²) in [6, 6.07) is 3.63. The standard InChI is InChI=1S/C13H17Cl2NO2.ClH/c1-2-6-18-13-11(14)7-10(8-12(13)15)9-16-4-3-5-17;/h2,7-8,16-17H,1,3-6,9H2;1H. The SMILES string of the molecule is C=CCOc1c(Cl)cc(CNCCCO)cc1Cl.Cl. The number of ether oxygens (including phenoxy) is 1. The van der Waals surface area contributed by atoms with E-state index >= 15 is 0 Å².